The van der Waals surface area contributed by atoms with Crippen molar-refractivity contribution in [3.05, 3.63) is 47.5 Å². The number of ether oxygens (including phenoxy) is 2. The van der Waals surface area contributed by atoms with Crippen LogP contribution in [0.2, 0.25) is 5.02 Å². The maximum atomic E-state index is 12.3. The number of hydrogen-bond donors (Lipinski definition) is 1. The molecule has 0 heterocycles. The minimum absolute atomic E-state index is 0.130. The molecule has 24 heavy (non-hydrogen) atoms. The Morgan fingerprint density at radius 3 is 2.58 bits per heavy atom. The molecule has 1 N–H and O–H groups in total. The zero-order valence-electron chi connectivity index (χ0n) is 13.7. The molecule has 2 rings (SSSR count). The summed E-state index contributed by atoms with van der Waals surface area (Å²) in [6.45, 7) is 4.89. The van der Waals surface area contributed by atoms with Gasteiger partial charge in [-0.3, -0.25) is 4.79 Å². The first kappa shape index (κ1) is 18.5. The molecule has 0 aliphatic carbocycles. The summed E-state index contributed by atoms with van der Waals surface area (Å²) in [4.78, 5) is 13.1. The summed E-state index contributed by atoms with van der Waals surface area (Å²) in [5.41, 5.74) is 0.604. The first-order valence-electron chi connectivity index (χ1n) is 7.70. The molecular weight excluding hydrogens is 346 g/mol. The SMILES string of the molecule is CCOc1ccc(OCC)c(NC(=O)CSc2ccccc2Cl)c1. The molecule has 0 atom stereocenters. The second-order valence-electron chi connectivity index (χ2n) is 4.79. The molecule has 0 spiro atoms. The largest absolute Gasteiger partial charge is 0.494 e. The number of carbonyl (C=O) groups is 1. The third-order valence-electron chi connectivity index (χ3n) is 3.03. The maximum absolute atomic E-state index is 12.3. The molecule has 128 valence electrons. The molecular formula is C18H20ClNO3S. The molecule has 0 saturated carbocycles. The third kappa shape index (κ3) is 5.35. The standard InChI is InChI=1S/C18H20ClNO3S/c1-3-22-13-9-10-16(23-4-2)15(11-13)20-18(21)12-24-17-8-6-5-7-14(17)19/h5-11H,3-4,12H2,1-2H3,(H,20,21). The number of hydrogen-bond acceptors (Lipinski definition) is 4. The smallest absolute Gasteiger partial charge is 0.234 e. The average Bonchev–Trinajstić information content (AvgIpc) is 2.57. The van der Waals surface area contributed by atoms with Crippen LogP contribution in [0, 0.1) is 0 Å². The Hall–Kier alpha value is -1.85. The maximum Gasteiger partial charge on any atom is 0.234 e. The highest BCUT2D eigenvalue weighted by molar-refractivity contribution is 8.00. The number of benzene rings is 2. The van der Waals surface area contributed by atoms with Gasteiger partial charge < -0.3 is 14.8 Å². The van der Waals surface area contributed by atoms with Gasteiger partial charge >= 0.3 is 0 Å². The second kappa shape index (κ2) is 9.45. The molecule has 6 heteroatoms. The Bertz CT molecular complexity index is 694. The molecule has 0 bridgehead atoms. The van der Waals surface area contributed by atoms with Crippen molar-refractivity contribution in [2.75, 3.05) is 24.3 Å². The Morgan fingerprint density at radius 1 is 1.12 bits per heavy atom. The zero-order chi connectivity index (χ0) is 17.4. The van der Waals surface area contributed by atoms with E-state index in [1.807, 2.05) is 38.1 Å². The fourth-order valence-corrected chi connectivity index (χ4v) is 3.07. The van der Waals surface area contributed by atoms with Crippen LogP contribution in [-0.4, -0.2) is 24.9 Å². The van der Waals surface area contributed by atoms with Crippen molar-refractivity contribution in [2.24, 2.45) is 0 Å². The molecule has 0 unspecified atom stereocenters. The van der Waals surface area contributed by atoms with E-state index in [9.17, 15) is 4.79 Å². The van der Waals surface area contributed by atoms with Crippen LogP contribution in [0.15, 0.2) is 47.4 Å². The Morgan fingerprint density at radius 2 is 1.88 bits per heavy atom. The fraction of sp³-hybridized carbons (Fsp3) is 0.278. The molecule has 0 aromatic heterocycles. The number of anilines is 1. The number of halogens is 1. The molecule has 0 fully saturated rings. The minimum Gasteiger partial charge on any atom is -0.494 e. The summed E-state index contributed by atoms with van der Waals surface area (Å²) in [6, 6.07) is 12.8. The lowest BCUT2D eigenvalue weighted by Crippen LogP contribution is -2.15. The Balaban J connectivity index is 2.04. The van der Waals surface area contributed by atoms with Crippen LogP contribution in [0.1, 0.15) is 13.8 Å². The highest BCUT2D eigenvalue weighted by Gasteiger charge is 2.11. The van der Waals surface area contributed by atoms with Crippen molar-refractivity contribution in [2.45, 2.75) is 18.7 Å². The van der Waals surface area contributed by atoms with Gasteiger partial charge in [-0.25, -0.2) is 0 Å². The van der Waals surface area contributed by atoms with Crippen LogP contribution >= 0.6 is 23.4 Å². The van der Waals surface area contributed by atoms with Gasteiger partial charge in [0.25, 0.3) is 0 Å². The second-order valence-corrected chi connectivity index (χ2v) is 6.22. The summed E-state index contributed by atoms with van der Waals surface area (Å²) in [5, 5.41) is 3.52. The molecule has 4 nitrogen and oxygen atoms in total. The first-order chi connectivity index (χ1) is 11.6. The van der Waals surface area contributed by atoms with E-state index in [0.717, 1.165) is 4.90 Å². The average molecular weight is 366 g/mol. The summed E-state index contributed by atoms with van der Waals surface area (Å²) in [6.07, 6.45) is 0. The highest BCUT2D eigenvalue weighted by atomic mass is 35.5. The summed E-state index contributed by atoms with van der Waals surface area (Å²) in [5.74, 6) is 1.44. The summed E-state index contributed by atoms with van der Waals surface area (Å²) in [7, 11) is 0. The quantitative estimate of drug-likeness (QED) is 0.678. The number of carbonyl (C=O) groups excluding carboxylic acids is 1. The number of amides is 1. The van der Waals surface area contributed by atoms with E-state index >= 15 is 0 Å². The Kier molecular flexibility index (Phi) is 7.28. The Labute approximate surface area is 151 Å². The van der Waals surface area contributed by atoms with Gasteiger partial charge in [0.2, 0.25) is 5.91 Å². The van der Waals surface area contributed by atoms with E-state index in [1.54, 1.807) is 18.2 Å². The van der Waals surface area contributed by atoms with Crippen LogP contribution in [0.3, 0.4) is 0 Å². The van der Waals surface area contributed by atoms with Crippen molar-refractivity contribution >= 4 is 35.0 Å². The van der Waals surface area contributed by atoms with Crippen molar-refractivity contribution in [1.29, 1.82) is 0 Å². The highest BCUT2D eigenvalue weighted by Crippen LogP contribution is 2.30. The van der Waals surface area contributed by atoms with Gasteiger partial charge in [-0.1, -0.05) is 23.7 Å². The summed E-state index contributed by atoms with van der Waals surface area (Å²) >= 11 is 7.49. The first-order valence-corrected chi connectivity index (χ1v) is 9.07. The summed E-state index contributed by atoms with van der Waals surface area (Å²) < 4.78 is 11.0. The predicted octanol–water partition coefficient (Wildman–Crippen LogP) is 4.87. The van der Waals surface area contributed by atoms with Crippen molar-refractivity contribution < 1.29 is 14.3 Å². The van der Waals surface area contributed by atoms with E-state index < -0.39 is 0 Å². The molecule has 0 radical (unpaired) electrons. The monoisotopic (exact) mass is 365 g/mol. The van der Waals surface area contributed by atoms with E-state index in [2.05, 4.69) is 5.32 Å². The lowest BCUT2D eigenvalue weighted by molar-refractivity contribution is -0.113. The fourth-order valence-electron chi connectivity index (χ4n) is 2.04. The van der Waals surface area contributed by atoms with Crippen LogP contribution in [0.5, 0.6) is 11.5 Å². The van der Waals surface area contributed by atoms with Gasteiger partial charge in [0.05, 0.1) is 29.7 Å². The number of rotatable bonds is 8. The van der Waals surface area contributed by atoms with Gasteiger partial charge in [0.15, 0.2) is 0 Å². The zero-order valence-corrected chi connectivity index (χ0v) is 15.2. The van der Waals surface area contributed by atoms with E-state index in [1.165, 1.54) is 11.8 Å². The topological polar surface area (TPSA) is 47.6 Å². The van der Waals surface area contributed by atoms with Crippen molar-refractivity contribution in [1.82, 2.24) is 0 Å². The van der Waals surface area contributed by atoms with Gasteiger partial charge in [-0.05, 0) is 38.1 Å². The molecule has 1 amide bonds. The molecule has 2 aromatic carbocycles. The molecule has 0 aliphatic rings. The van der Waals surface area contributed by atoms with E-state index in [4.69, 9.17) is 21.1 Å². The number of thioether (sulfide) groups is 1. The lowest BCUT2D eigenvalue weighted by Gasteiger charge is -2.13. The van der Waals surface area contributed by atoms with Gasteiger partial charge in [-0.15, -0.1) is 11.8 Å². The van der Waals surface area contributed by atoms with Crippen molar-refractivity contribution in [3.63, 3.8) is 0 Å². The number of nitrogens with one attached hydrogen (secondary N) is 1. The van der Waals surface area contributed by atoms with Gasteiger partial charge in [0, 0.05) is 11.0 Å². The molecule has 0 aliphatic heterocycles. The van der Waals surface area contributed by atoms with Gasteiger partial charge in [-0.2, -0.15) is 0 Å². The minimum atomic E-state index is -0.130. The van der Waals surface area contributed by atoms with Crippen LogP contribution in [0.4, 0.5) is 5.69 Å². The molecule has 2 aromatic rings. The van der Waals surface area contributed by atoms with Crippen molar-refractivity contribution in [3.8, 4) is 11.5 Å². The van der Waals surface area contributed by atoms with E-state index in [-0.39, 0.29) is 11.7 Å². The third-order valence-corrected chi connectivity index (χ3v) is 4.55. The normalized spacial score (nSPS) is 10.3. The molecule has 0 saturated heterocycles. The van der Waals surface area contributed by atoms with E-state index in [0.29, 0.717) is 35.4 Å². The van der Waals surface area contributed by atoms with Gasteiger partial charge in [0.1, 0.15) is 11.5 Å². The van der Waals surface area contributed by atoms with Crippen LogP contribution < -0.4 is 14.8 Å². The van der Waals surface area contributed by atoms with Crippen LogP contribution in [0.25, 0.3) is 0 Å². The van der Waals surface area contributed by atoms with Crippen LogP contribution in [-0.2, 0) is 4.79 Å². The predicted molar refractivity (Wildman–Crippen MR) is 99.6 cm³/mol. The lowest BCUT2D eigenvalue weighted by atomic mass is 10.2.